The molecule has 0 aromatic rings. The van der Waals surface area contributed by atoms with E-state index in [1.54, 1.807) is 11.1 Å². The Hall–Kier alpha value is -0.930. The highest BCUT2D eigenvalue weighted by Gasteiger charge is 2.58. The summed E-state index contributed by atoms with van der Waals surface area (Å²) in [5.74, 6) is 4.00. The molecule has 5 unspecified atom stereocenters. The van der Waals surface area contributed by atoms with Crippen LogP contribution >= 0.6 is 0 Å². The molecule has 0 amide bonds. The van der Waals surface area contributed by atoms with Gasteiger partial charge in [-0.25, -0.2) is 0 Å². The Morgan fingerprint density at radius 3 is 2.84 bits per heavy atom. The van der Waals surface area contributed by atoms with Crippen molar-refractivity contribution in [3.8, 4) is 0 Å². The molecule has 4 fully saturated rings. The van der Waals surface area contributed by atoms with E-state index in [1.165, 1.54) is 37.7 Å². The lowest BCUT2D eigenvalue weighted by Gasteiger charge is -2.48. The van der Waals surface area contributed by atoms with Crippen LogP contribution in [0.4, 0.5) is 0 Å². The second-order valence-corrected chi connectivity index (χ2v) is 12.5. The van der Waals surface area contributed by atoms with Gasteiger partial charge in [-0.2, -0.15) is 0 Å². The number of hydrogen-bond acceptors (Lipinski definition) is 3. The minimum absolute atomic E-state index is 0.0458. The van der Waals surface area contributed by atoms with E-state index < -0.39 is 0 Å². The van der Waals surface area contributed by atoms with Crippen molar-refractivity contribution < 1.29 is 9.53 Å². The van der Waals surface area contributed by atoms with Crippen molar-refractivity contribution in [2.75, 3.05) is 6.54 Å². The maximum absolute atomic E-state index is 12.1. The number of nitrogens with one attached hydrogen (secondary N) is 1. The van der Waals surface area contributed by atoms with Gasteiger partial charge in [-0.3, -0.25) is 4.79 Å². The number of rotatable bonds is 0. The summed E-state index contributed by atoms with van der Waals surface area (Å²) in [6, 6.07) is 0.542. The zero-order valence-corrected chi connectivity index (χ0v) is 20.0. The fourth-order valence-corrected chi connectivity index (χ4v) is 9.13. The van der Waals surface area contributed by atoms with Crippen LogP contribution in [0.25, 0.3) is 0 Å². The van der Waals surface area contributed by atoms with Crippen molar-refractivity contribution in [2.24, 2.45) is 35.0 Å². The highest BCUT2D eigenvalue weighted by atomic mass is 16.5. The maximum atomic E-state index is 12.1. The third-order valence-electron chi connectivity index (χ3n) is 10.9. The molecule has 0 bridgehead atoms. The molecule has 31 heavy (non-hydrogen) atoms. The minimum atomic E-state index is 0.0458. The molecule has 2 saturated carbocycles. The number of ketones is 1. The predicted molar refractivity (Wildman–Crippen MR) is 124 cm³/mol. The molecule has 1 spiro atoms. The van der Waals surface area contributed by atoms with Gasteiger partial charge < -0.3 is 10.1 Å². The molecule has 6 aliphatic rings. The Kier molecular flexibility index (Phi) is 4.69. The number of allylic oxidation sites excluding steroid dienone is 3. The molecule has 0 radical (unpaired) electrons. The van der Waals surface area contributed by atoms with Gasteiger partial charge in [0.15, 0.2) is 5.78 Å². The second kappa shape index (κ2) is 7.03. The van der Waals surface area contributed by atoms with E-state index in [0.29, 0.717) is 23.8 Å². The zero-order valence-electron chi connectivity index (χ0n) is 20.0. The van der Waals surface area contributed by atoms with Crippen LogP contribution in [0.5, 0.6) is 0 Å². The van der Waals surface area contributed by atoms with Crippen LogP contribution < -0.4 is 5.32 Å². The lowest BCUT2D eigenvalue weighted by Crippen LogP contribution is -2.48. The van der Waals surface area contributed by atoms with Gasteiger partial charge in [-0.15, -0.1) is 0 Å². The molecule has 4 aliphatic carbocycles. The summed E-state index contributed by atoms with van der Waals surface area (Å²) in [7, 11) is 0. The summed E-state index contributed by atoms with van der Waals surface area (Å²) < 4.78 is 7.00. The Morgan fingerprint density at radius 2 is 2.00 bits per heavy atom. The van der Waals surface area contributed by atoms with Crippen LogP contribution in [-0.2, 0) is 9.53 Å². The Balaban J connectivity index is 1.30. The Bertz CT molecular complexity index is 857. The maximum Gasteiger partial charge on any atom is 0.155 e. The monoisotopic (exact) mass is 423 g/mol. The van der Waals surface area contributed by atoms with E-state index in [0.717, 1.165) is 55.9 Å². The van der Waals surface area contributed by atoms with E-state index in [9.17, 15) is 4.79 Å². The van der Waals surface area contributed by atoms with E-state index in [1.807, 2.05) is 6.08 Å². The summed E-state index contributed by atoms with van der Waals surface area (Å²) in [5.41, 5.74) is 5.23. The highest BCUT2D eigenvalue weighted by Crippen LogP contribution is 2.64. The number of carbonyl (C=O) groups is 1. The number of ether oxygens (including phenoxy) is 1. The van der Waals surface area contributed by atoms with Crippen molar-refractivity contribution in [1.29, 1.82) is 0 Å². The molecule has 3 nitrogen and oxygen atoms in total. The van der Waals surface area contributed by atoms with Crippen LogP contribution in [0, 0.1) is 35.0 Å². The van der Waals surface area contributed by atoms with E-state index in [-0.39, 0.29) is 11.0 Å². The van der Waals surface area contributed by atoms with Gasteiger partial charge in [-0.1, -0.05) is 37.5 Å². The van der Waals surface area contributed by atoms with Crippen molar-refractivity contribution >= 4 is 5.78 Å². The summed E-state index contributed by atoms with van der Waals surface area (Å²) in [6.45, 7) is 10.9. The molecule has 0 aromatic heterocycles. The largest absolute Gasteiger partial charge is 0.369 e. The quantitative estimate of drug-likeness (QED) is 0.515. The van der Waals surface area contributed by atoms with Crippen LogP contribution in [0.1, 0.15) is 85.5 Å². The first-order valence-electron chi connectivity index (χ1n) is 13.1. The first-order chi connectivity index (χ1) is 14.8. The van der Waals surface area contributed by atoms with Gasteiger partial charge in [0, 0.05) is 18.4 Å². The fourth-order valence-electron chi connectivity index (χ4n) is 9.13. The van der Waals surface area contributed by atoms with Crippen molar-refractivity contribution in [2.45, 2.75) is 103 Å². The topological polar surface area (TPSA) is 38.3 Å². The number of piperidine rings is 1. The molecule has 9 atom stereocenters. The normalized spacial score (nSPS) is 51.7. The first-order valence-corrected chi connectivity index (χ1v) is 13.1. The third kappa shape index (κ3) is 2.94. The van der Waals surface area contributed by atoms with Crippen LogP contribution in [0.15, 0.2) is 22.8 Å². The van der Waals surface area contributed by atoms with Crippen molar-refractivity contribution in [1.82, 2.24) is 5.32 Å². The van der Waals surface area contributed by atoms with Gasteiger partial charge in [0.1, 0.15) is 0 Å². The number of hydrogen-bond donors (Lipinski definition) is 1. The Labute approximate surface area is 188 Å². The summed E-state index contributed by atoms with van der Waals surface area (Å²) in [4.78, 5) is 12.1. The standard InChI is InChI=1S/C28H41NO2/c1-16-11-25-26(29-15-16)18(3)28(31-25)10-8-21-22-6-5-19-12-20(30)7-9-27(19,4)24(22)13-23(21)17(2)14-28/h12,16,18,21-22,24-26,29H,5-11,13-15H2,1-4H3/t16-,18?,21-,22?,24-,25?,26-,27?,28?/m0/s1. The molecule has 2 saturated heterocycles. The highest BCUT2D eigenvalue weighted by molar-refractivity contribution is 5.91. The first kappa shape index (κ1) is 20.7. The minimum Gasteiger partial charge on any atom is -0.369 e. The molecule has 0 aromatic carbocycles. The molecule has 2 aliphatic heterocycles. The van der Waals surface area contributed by atoms with Gasteiger partial charge in [0.05, 0.1) is 11.7 Å². The van der Waals surface area contributed by atoms with Crippen molar-refractivity contribution in [3.63, 3.8) is 0 Å². The van der Waals surface area contributed by atoms with E-state index in [2.05, 4.69) is 33.0 Å². The lowest BCUT2D eigenvalue weighted by molar-refractivity contribution is -0.116. The predicted octanol–water partition coefficient (Wildman–Crippen LogP) is 5.60. The summed E-state index contributed by atoms with van der Waals surface area (Å²) >= 11 is 0. The molecule has 3 heteroatoms. The number of carbonyl (C=O) groups excluding carboxylic acids is 1. The zero-order chi connectivity index (χ0) is 21.5. The van der Waals surface area contributed by atoms with Crippen LogP contribution in [0.3, 0.4) is 0 Å². The SMILES string of the molecule is CC1=C2C[C@H]3C(CCC4=CC(=O)CCC43C)[C@@H]2CCC2(C1)OC1C[C@H](C)CN[C@H]1C2C. The molecular weight excluding hydrogens is 382 g/mol. The van der Waals surface area contributed by atoms with E-state index >= 15 is 0 Å². The molecule has 1 N–H and O–H groups in total. The van der Waals surface area contributed by atoms with Gasteiger partial charge >= 0.3 is 0 Å². The second-order valence-electron chi connectivity index (χ2n) is 12.5. The average Bonchev–Trinajstić information content (AvgIpc) is 3.19. The van der Waals surface area contributed by atoms with E-state index in [4.69, 9.17) is 4.74 Å². The molecule has 6 rings (SSSR count). The van der Waals surface area contributed by atoms with Crippen LogP contribution in [0.2, 0.25) is 0 Å². The lowest BCUT2D eigenvalue weighted by atomic mass is 9.56. The van der Waals surface area contributed by atoms with Crippen molar-refractivity contribution in [3.05, 3.63) is 22.8 Å². The molecular formula is C28H41NO2. The van der Waals surface area contributed by atoms with Gasteiger partial charge in [0.2, 0.25) is 0 Å². The molecule has 170 valence electrons. The van der Waals surface area contributed by atoms with Gasteiger partial charge in [0.25, 0.3) is 0 Å². The summed E-state index contributed by atoms with van der Waals surface area (Å²) in [6.07, 6.45) is 12.9. The van der Waals surface area contributed by atoms with Gasteiger partial charge in [-0.05, 0) is 100.0 Å². The number of fused-ring (bicyclic) bond motifs is 6. The van der Waals surface area contributed by atoms with Crippen LogP contribution in [-0.4, -0.2) is 30.1 Å². The summed E-state index contributed by atoms with van der Waals surface area (Å²) in [5, 5.41) is 3.85. The fraction of sp³-hybridized carbons (Fsp3) is 0.821. The molecule has 2 heterocycles. The smallest absolute Gasteiger partial charge is 0.155 e. The Morgan fingerprint density at radius 1 is 1.16 bits per heavy atom. The third-order valence-corrected chi connectivity index (χ3v) is 10.9. The average molecular weight is 424 g/mol.